The Labute approximate surface area is 178 Å². The maximum atomic E-state index is 12.0. The summed E-state index contributed by atoms with van der Waals surface area (Å²) in [7, 11) is 3.23. The fraction of sp³-hybridized carbons (Fsp3) is 0.522. The van der Waals surface area contributed by atoms with Crippen molar-refractivity contribution in [1.82, 2.24) is 9.55 Å². The largest absolute Gasteiger partial charge is 0.488 e. The first-order valence-corrected chi connectivity index (χ1v) is 10.2. The van der Waals surface area contributed by atoms with E-state index in [2.05, 4.69) is 18.8 Å². The SMILES string of the molecule is COCCCOc1cc(C[C@@H](C(C)C)n2ccc(=O)c(C(C)=O)c2)c(C)nc1OC. The van der Waals surface area contributed by atoms with Crippen LogP contribution in [0.3, 0.4) is 0 Å². The van der Waals surface area contributed by atoms with Crippen molar-refractivity contribution >= 4 is 5.78 Å². The minimum Gasteiger partial charge on any atom is -0.488 e. The Hall–Kier alpha value is -2.67. The minimum atomic E-state index is -0.254. The standard InChI is InChI=1S/C23H32N2O5/c1-15(2)20(25-9-8-21(27)19(14-25)17(4)26)12-18-13-22(30-11-7-10-28-5)23(29-6)24-16(18)3/h8-9,13-15,20H,7,10-12H2,1-6H3/t20-/m0/s1. The van der Waals surface area contributed by atoms with Gasteiger partial charge in [-0.15, -0.1) is 0 Å². The Morgan fingerprint density at radius 3 is 2.57 bits per heavy atom. The average molecular weight is 417 g/mol. The van der Waals surface area contributed by atoms with Gasteiger partial charge in [0.1, 0.15) is 0 Å². The van der Waals surface area contributed by atoms with Crippen LogP contribution in [0.2, 0.25) is 0 Å². The van der Waals surface area contributed by atoms with Crippen LogP contribution >= 0.6 is 0 Å². The maximum absolute atomic E-state index is 12.0. The van der Waals surface area contributed by atoms with Gasteiger partial charge in [-0.05, 0) is 37.8 Å². The number of hydrogen-bond donors (Lipinski definition) is 0. The molecule has 1 atom stereocenters. The van der Waals surface area contributed by atoms with Gasteiger partial charge in [0.05, 0.1) is 19.3 Å². The molecule has 0 saturated carbocycles. The second-order valence-corrected chi connectivity index (χ2v) is 7.68. The number of ether oxygens (including phenoxy) is 3. The number of carbonyl (C=O) groups is 1. The molecule has 2 rings (SSSR count). The second-order valence-electron chi connectivity index (χ2n) is 7.68. The number of ketones is 1. The van der Waals surface area contributed by atoms with Crippen LogP contribution in [0.5, 0.6) is 11.6 Å². The lowest BCUT2D eigenvalue weighted by Crippen LogP contribution is -2.23. The van der Waals surface area contributed by atoms with E-state index < -0.39 is 0 Å². The van der Waals surface area contributed by atoms with Crippen molar-refractivity contribution in [3.8, 4) is 11.6 Å². The van der Waals surface area contributed by atoms with Crippen LogP contribution in [0, 0.1) is 12.8 Å². The van der Waals surface area contributed by atoms with E-state index in [1.165, 1.54) is 13.0 Å². The van der Waals surface area contributed by atoms with E-state index >= 15 is 0 Å². The average Bonchev–Trinajstić information content (AvgIpc) is 2.70. The van der Waals surface area contributed by atoms with Crippen molar-refractivity contribution in [1.29, 1.82) is 0 Å². The number of Topliss-reactive ketones (excluding diaryl/α,β-unsaturated/α-hetero) is 1. The molecule has 0 unspecified atom stereocenters. The zero-order valence-corrected chi connectivity index (χ0v) is 18.7. The third kappa shape index (κ3) is 5.92. The smallest absolute Gasteiger partial charge is 0.256 e. The molecule has 30 heavy (non-hydrogen) atoms. The predicted molar refractivity (Wildman–Crippen MR) is 116 cm³/mol. The molecule has 2 aromatic rings. The molecule has 2 aromatic heterocycles. The summed E-state index contributed by atoms with van der Waals surface area (Å²) in [5.41, 5.74) is 1.83. The summed E-state index contributed by atoms with van der Waals surface area (Å²) in [5.74, 6) is 1.09. The molecule has 0 aliphatic heterocycles. The number of methoxy groups -OCH3 is 2. The highest BCUT2D eigenvalue weighted by atomic mass is 16.5. The molecule has 0 spiro atoms. The number of hydrogen-bond acceptors (Lipinski definition) is 6. The van der Waals surface area contributed by atoms with Crippen LogP contribution in [0.25, 0.3) is 0 Å². The molecule has 7 heteroatoms. The summed E-state index contributed by atoms with van der Waals surface area (Å²) in [4.78, 5) is 28.4. The molecule has 0 aliphatic rings. The van der Waals surface area contributed by atoms with Gasteiger partial charge in [0.2, 0.25) is 0 Å². The lowest BCUT2D eigenvalue weighted by molar-refractivity contribution is 0.101. The van der Waals surface area contributed by atoms with Crippen molar-refractivity contribution in [2.75, 3.05) is 27.4 Å². The topological polar surface area (TPSA) is 79.7 Å². The molecule has 164 valence electrons. The van der Waals surface area contributed by atoms with Gasteiger partial charge in [0.25, 0.3) is 5.88 Å². The predicted octanol–water partition coefficient (Wildman–Crippen LogP) is 3.62. The Bertz CT molecular complexity index is 920. The first-order chi connectivity index (χ1) is 14.3. The van der Waals surface area contributed by atoms with Gasteiger partial charge in [-0.2, -0.15) is 0 Å². The van der Waals surface area contributed by atoms with Crippen LogP contribution < -0.4 is 14.9 Å². The number of carbonyl (C=O) groups excluding carboxylic acids is 1. The van der Waals surface area contributed by atoms with Crippen molar-refractivity contribution in [2.24, 2.45) is 5.92 Å². The monoisotopic (exact) mass is 416 g/mol. The van der Waals surface area contributed by atoms with E-state index in [9.17, 15) is 9.59 Å². The third-order valence-electron chi connectivity index (χ3n) is 5.10. The van der Waals surface area contributed by atoms with Crippen LogP contribution in [0.15, 0.2) is 29.3 Å². The van der Waals surface area contributed by atoms with Gasteiger partial charge < -0.3 is 18.8 Å². The van der Waals surface area contributed by atoms with E-state index in [4.69, 9.17) is 14.2 Å². The summed E-state index contributed by atoms with van der Waals surface area (Å²) in [5, 5.41) is 0. The van der Waals surface area contributed by atoms with Gasteiger partial charge in [0, 0.05) is 50.3 Å². The van der Waals surface area contributed by atoms with E-state index in [0.717, 1.165) is 17.7 Å². The fourth-order valence-corrected chi connectivity index (χ4v) is 3.33. The van der Waals surface area contributed by atoms with Crippen LogP contribution in [-0.4, -0.2) is 42.8 Å². The number of aryl methyl sites for hydroxylation is 1. The third-order valence-corrected chi connectivity index (χ3v) is 5.10. The molecule has 2 heterocycles. The van der Waals surface area contributed by atoms with Crippen LogP contribution in [0.1, 0.15) is 54.8 Å². The number of nitrogens with zero attached hydrogens (tertiary/aromatic N) is 2. The van der Waals surface area contributed by atoms with Gasteiger partial charge in [-0.3, -0.25) is 9.59 Å². The lowest BCUT2D eigenvalue weighted by atomic mass is 9.95. The van der Waals surface area contributed by atoms with Gasteiger partial charge in [0.15, 0.2) is 17.0 Å². The van der Waals surface area contributed by atoms with Crippen molar-refractivity contribution in [3.05, 3.63) is 51.6 Å². The Morgan fingerprint density at radius 2 is 1.97 bits per heavy atom. The maximum Gasteiger partial charge on any atom is 0.256 e. The summed E-state index contributed by atoms with van der Waals surface area (Å²) >= 11 is 0. The highest BCUT2D eigenvalue weighted by Crippen LogP contribution is 2.31. The molecular weight excluding hydrogens is 384 g/mol. The highest BCUT2D eigenvalue weighted by Gasteiger charge is 2.20. The number of pyridine rings is 2. The van der Waals surface area contributed by atoms with Crippen molar-refractivity contribution < 1.29 is 19.0 Å². The molecular formula is C23H32N2O5. The van der Waals surface area contributed by atoms with E-state index in [0.29, 0.717) is 31.3 Å². The summed E-state index contributed by atoms with van der Waals surface area (Å²) in [6.45, 7) is 8.71. The normalized spacial score (nSPS) is 12.1. The zero-order chi connectivity index (χ0) is 22.3. The molecule has 0 aliphatic carbocycles. The quantitative estimate of drug-likeness (QED) is 0.411. The molecule has 7 nitrogen and oxygen atoms in total. The molecule has 0 amide bonds. The number of aromatic nitrogens is 2. The minimum absolute atomic E-state index is 0.0407. The molecule has 0 N–H and O–H groups in total. The summed E-state index contributed by atoms with van der Waals surface area (Å²) in [6.07, 6.45) is 4.84. The molecule has 0 radical (unpaired) electrons. The van der Waals surface area contributed by atoms with Gasteiger partial charge in [-0.25, -0.2) is 4.98 Å². The molecule has 0 fully saturated rings. The van der Waals surface area contributed by atoms with Crippen molar-refractivity contribution in [2.45, 2.75) is 46.6 Å². The summed E-state index contributed by atoms with van der Waals surface area (Å²) in [6, 6.07) is 3.46. The van der Waals surface area contributed by atoms with Crippen molar-refractivity contribution in [3.63, 3.8) is 0 Å². The Kier molecular flexibility index (Phi) is 8.59. The molecule has 0 saturated heterocycles. The lowest BCUT2D eigenvalue weighted by Gasteiger charge is -2.26. The fourth-order valence-electron chi connectivity index (χ4n) is 3.33. The Balaban J connectivity index is 2.36. The highest BCUT2D eigenvalue weighted by molar-refractivity contribution is 5.93. The number of rotatable bonds is 11. The Morgan fingerprint density at radius 1 is 1.23 bits per heavy atom. The first kappa shape index (κ1) is 23.6. The van der Waals surface area contributed by atoms with Gasteiger partial charge in [-0.1, -0.05) is 13.8 Å². The van der Waals surface area contributed by atoms with E-state index in [1.54, 1.807) is 26.6 Å². The van der Waals surface area contributed by atoms with Crippen LogP contribution in [0.4, 0.5) is 0 Å². The van der Waals surface area contributed by atoms with E-state index in [1.807, 2.05) is 17.6 Å². The van der Waals surface area contributed by atoms with Crippen LogP contribution in [-0.2, 0) is 11.2 Å². The second kappa shape index (κ2) is 10.9. The summed E-state index contributed by atoms with van der Waals surface area (Å²) < 4.78 is 18.3. The van der Waals surface area contributed by atoms with E-state index in [-0.39, 0.29) is 28.7 Å². The molecule has 0 aromatic carbocycles. The zero-order valence-electron chi connectivity index (χ0n) is 18.7. The first-order valence-electron chi connectivity index (χ1n) is 10.2. The van der Waals surface area contributed by atoms with Gasteiger partial charge >= 0.3 is 0 Å². The molecule has 0 bridgehead atoms.